The van der Waals surface area contributed by atoms with Crippen molar-refractivity contribution >= 4 is 40.7 Å². The molecule has 2 aromatic carbocycles. The zero-order chi connectivity index (χ0) is 25.9. The molecule has 0 aromatic heterocycles. The molecule has 4 N–H and O–H groups in total. The molecule has 9 nitrogen and oxygen atoms in total. The monoisotopic (exact) mass is 513 g/mol. The van der Waals surface area contributed by atoms with Crippen LogP contribution in [0, 0.1) is 0 Å². The van der Waals surface area contributed by atoms with Crippen molar-refractivity contribution in [2.24, 2.45) is 5.14 Å². The number of esters is 1. The van der Waals surface area contributed by atoms with E-state index < -0.39 is 5.97 Å². The Kier molecular flexibility index (Phi) is 10.7. The van der Waals surface area contributed by atoms with Crippen LogP contribution in [0.3, 0.4) is 0 Å². The van der Waals surface area contributed by atoms with E-state index in [1.54, 1.807) is 0 Å². The van der Waals surface area contributed by atoms with Crippen LogP contribution in [0.1, 0.15) is 31.4 Å². The lowest BCUT2D eigenvalue weighted by atomic mass is 9.96. The Morgan fingerprint density at radius 2 is 1.86 bits per heavy atom. The van der Waals surface area contributed by atoms with E-state index in [2.05, 4.69) is 69.7 Å². The molecule has 1 aliphatic heterocycles. The number of amides is 2. The van der Waals surface area contributed by atoms with Crippen LogP contribution in [-0.4, -0.2) is 72.9 Å². The second-order valence-corrected chi connectivity index (χ2v) is 9.38. The molecule has 194 valence electrons. The average Bonchev–Trinajstić information content (AvgIpc) is 2.92. The molecule has 0 saturated carbocycles. The van der Waals surface area contributed by atoms with Gasteiger partial charge in [-0.25, -0.2) is 9.10 Å². The number of likely N-dealkylation sites (tertiary alicyclic amines) is 1. The number of rotatable bonds is 11. The molecule has 0 bridgehead atoms. The summed E-state index contributed by atoms with van der Waals surface area (Å²) in [6.45, 7) is 4.21. The van der Waals surface area contributed by atoms with E-state index in [0.29, 0.717) is 6.04 Å². The molecule has 2 amide bonds. The van der Waals surface area contributed by atoms with Crippen molar-refractivity contribution in [3.8, 4) is 0 Å². The molecule has 1 heterocycles. The fraction of sp³-hybridized carbons (Fsp3) is 0.423. The number of methoxy groups -OCH3 is 1. The summed E-state index contributed by atoms with van der Waals surface area (Å²) in [6.07, 6.45) is 4.51. The van der Waals surface area contributed by atoms with Gasteiger partial charge in [0.15, 0.2) is 0 Å². The van der Waals surface area contributed by atoms with Crippen LogP contribution in [0.2, 0.25) is 0 Å². The molecule has 10 heteroatoms. The molecule has 1 aliphatic rings. The molecule has 1 fully saturated rings. The number of nitrogens with zero attached hydrogens (tertiary/aromatic N) is 2. The van der Waals surface area contributed by atoms with Crippen molar-refractivity contribution < 1.29 is 19.1 Å². The highest BCUT2D eigenvalue weighted by atomic mass is 32.2. The van der Waals surface area contributed by atoms with E-state index in [0.717, 1.165) is 38.1 Å². The lowest BCUT2D eigenvalue weighted by molar-refractivity contribution is -0.134. The summed E-state index contributed by atoms with van der Waals surface area (Å²) >= 11 is 1.07. The van der Waals surface area contributed by atoms with Crippen LogP contribution in [0.5, 0.6) is 0 Å². The number of ether oxygens (including phenoxy) is 1. The number of piperidine rings is 1. The fourth-order valence-corrected chi connectivity index (χ4v) is 5.03. The SMILES string of the molecule is COC(=O)/C=C/CNC(=O)CNC(=O)CN(SN)C1CCN(C(C)c2cccc3ccccc23)CC1. The Labute approximate surface area is 216 Å². The van der Waals surface area contributed by atoms with Crippen LogP contribution in [-0.2, 0) is 19.1 Å². The molecule has 0 aliphatic carbocycles. The Bertz CT molecular complexity index is 1070. The van der Waals surface area contributed by atoms with Gasteiger partial charge in [-0.15, -0.1) is 0 Å². The molecule has 3 rings (SSSR count). The predicted octanol–water partition coefficient (Wildman–Crippen LogP) is 2.15. The van der Waals surface area contributed by atoms with Crippen LogP contribution < -0.4 is 15.8 Å². The maximum absolute atomic E-state index is 12.4. The summed E-state index contributed by atoms with van der Waals surface area (Å²) in [6, 6.07) is 15.4. The molecule has 36 heavy (non-hydrogen) atoms. The molecule has 1 atom stereocenters. The number of carbonyl (C=O) groups is 3. The van der Waals surface area contributed by atoms with Crippen molar-refractivity contribution in [3.05, 3.63) is 60.2 Å². The molecule has 1 saturated heterocycles. The van der Waals surface area contributed by atoms with E-state index in [-0.39, 0.29) is 37.5 Å². The first-order valence-corrected chi connectivity index (χ1v) is 12.9. The quantitative estimate of drug-likeness (QED) is 0.238. The lowest BCUT2D eigenvalue weighted by Gasteiger charge is -2.39. The molecular weight excluding hydrogens is 478 g/mol. The minimum atomic E-state index is -0.495. The van der Waals surface area contributed by atoms with Crippen LogP contribution in [0.15, 0.2) is 54.6 Å². The molecular formula is C26H35N5O4S. The summed E-state index contributed by atoms with van der Waals surface area (Å²) in [5, 5.41) is 13.6. The number of fused-ring (bicyclic) bond motifs is 1. The van der Waals surface area contributed by atoms with E-state index in [1.807, 2.05) is 4.31 Å². The zero-order valence-electron chi connectivity index (χ0n) is 20.8. The van der Waals surface area contributed by atoms with Crippen LogP contribution >= 0.6 is 12.1 Å². The summed E-state index contributed by atoms with van der Waals surface area (Å²) in [4.78, 5) is 37.8. The standard InChI is InChI=1S/C26H35N5O4S/c1-19(22-10-5-8-20-7-3-4-9-23(20)22)30-15-12-21(13-16-30)31(36-27)18-25(33)29-17-24(32)28-14-6-11-26(34)35-2/h3-11,19,21H,12-18,27H2,1-2H3,(H,28,32)(H,29,33)/b11-6+. The summed E-state index contributed by atoms with van der Waals surface area (Å²) in [5.41, 5.74) is 1.33. The Morgan fingerprint density at radius 3 is 2.58 bits per heavy atom. The highest BCUT2D eigenvalue weighted by Gasteiger charge is 2.29. The first-order chi connectivity index (χ1) is 17.4. The van der Waals surface area contributed by atoms with Gasteiger partial charge in [0.1, 0.15) is 0 Å². The lowest BCUT2D eigenvalue weighted by Crippen LogP contribution is -2.47. The normalized spacial score (nSPS) is 15.8. The minimum absolute atomic E-state index is 0.111. The third kappa shape index (κ3) is 7.79. The maximum Gasteiger partial charge on any atom is 0.330 e. The first kappa shape index (κ1) is 27.7. The predicted molar refractivity (Wildman–Crippen MR) is 143 cm³/mol. The van der Waals surface area contributed by atoms with Crippen LogP contribution in [0.4, 0.5) is 0 Å². The third-order valence-corrected chi connectivity index (χ3v) is 7.18. The second-order valence-electron chi connectivity index (χ2n) is 8.70. The number of hydrogen-bond acceptors (Lipinski definition) is 8. The van der Waals surface area contributed by atoms with Gasteiger partial charge >= 0.3 is 5.97 Å². The summed E-state index contributed by atoms with van der Waals surface area (Å²) in [7, 11) is 1.28. The van der Waals surface area contributed by atoms with Crippen molar-refractivity contribution in [1.82, 2.24) is 19.8 Å². The van der Waals surface area contributed by atoms with Gasteiger partial charge in [0.05, 0.1) is 20.2 Å². The van der Waals surface area contributed by atoms with E-state index in [4.69, 9.17) is 5.14 Å². The summed E-state index contributed by atoms with van der Waals surface area (Å²) in [5.74, 6) is -1.11. The first-order valence-electron chi connectivity index (χ1n) is 12.1. The second kappa shape index (κ2) is 14.0. The van der Waals surface area contributed by atoms with Crippen molar-refractivity contribution in [3.63, 3.8) is 0 Å². The number of hydrogen-bond donors (Lipinski definition) is 3. The molecule has 0 spiro atoms. The largest absolute Gasteiger partial charge is 0.466 e. The van der Waals surface area contributed by atoms with Gasteiger partial charge in [-0.05, 0) is 36.1 Å². The zero-order valence-corrected chi connectivity index (χ0v) is 21.6. The highest BCUT2D eigenvalue weighted by Crippen LogP contribution is 2.31. The maximum atomic E-state index is 12.4. The van der Waals surface area contributed by atoms with Crippen molar-refractivity contribution in [2.75, 3.05) is 39.8 Å². The summed E-state index contributed by atoms with van der Waals surface area (Å²) < 4.78 is 6.37. The number of carbonyl (C=O) groups excluding carboxylic acids is 3. The van der Waals surface area contributed by atoms with Crippen molar-refractivity contribution in [1.29, 1.82) is 0 Å². The van der Waals surface area contributed by atoms with Gasteiger partial charge in [0.25, 0.3) is 0 Å². The number of nitrogens with two attached hydrogens (primary N) is 1. The fourth-order valence-electron chi connectivity index (χ4n) is 4.46. The number of benzene rings is 2. The average molecular weight is 514 g/mol. The van der Waals surface area contributed by atoms with Gasteiger partial charge in [-0.1, -0.05) is 48.5 Å². The molecule has 2 aromatic rings. The number of nitrogens with one attached hydrogen (secondary N) is 2. The topological polar surface area (TPSA) is 117 Å². The Morgan fingerprint density at radius 1 is 1.14 bits per heavy atom. The van der Waals surface area contributed by atoms with Gasteiger partial charge in [0, 0.05) is 49.9 Å². The third-order valence-electron chi connectivity index (χ3n) is 6.48. The van der Waals surface area contributed by atoms with E-state index >= 15 is 0 Å². The van der Waals surface area contributed by atoms with Crippen LogP contribution in [0.25, 0.3) is 10.8 Å². The van der Waals surface area contributed by atoms with Crippen molar-refractivity contribution in [2.45, 2.75) is 31.8 Å². The highest BCUT2D eigenvalue weighted by molar-refractivity contribution is 7.94. The van der Waals surface area contributed by atoms with E-state index in [9.17, 15) is 14.4 Å². The Hall–Kier alpha value is -2.92. The molecule has 1 unspecified atom stereocenters. The van der Waals surface area contributed by atoms with Gasteiger partial charge in [0.2, 0.25) is 11.8 Å². The van der Waals surface area contributed by atoms with Gasteiger partial charge in [-0.3, -0.25) is 19.6 Å². The smallest absolute Gasteiger partial charge is 0.330 e. The van der Waals surface area contributed by atoms with E-state index in [1.165, 1.54) is 35.6 Å². The van der Waals surface area contributed by atoms with Gasteiger partial charge in [-0.2, -0.15) is 0 Å². The van der Waals surface area contributed by atoms with Gasteiger partial charge < -0.3 is 15.4 Å². The Balaban J connectivity index is 1.44. The minimum Gasteiger partial charge on any atom is -0.466 e. The molecule has 0 radical (unpaired) electrons.